The summed E-state index contributed by atoms with van der Waals surface area (Å²) in [6.07, 6.45) is 0.962. The maximum Gasteiger partial charge on any atom is 0.326 e. The first kappa shape index (κ1) is 16.2. The van der Waals surface area contributed by atoms with Gasteiger partial charge in [0.2, 0.25) is 5.91 Å². The van der Waals surface area contributed by atoms with Crippen LogP contribution in [0.25, 0.3) is 0 Å². The van der Waals surface area contributed by atoms with Crippen LogP contribution in [0.15, 0.2) is 21.2 Å². The fraction of sp³-hybridized carbons (Fsp3) is 0.417. The molecule has 0 aromatic carbocycles. The highest BCUT2D eigenvalue weighted by atomic mass is 79.9. The second-order valence-electron chi connectivity index (χ2n) is 4.03. The molecule has 0 aliphatic rings. The molecule has 0 fully saturated rings. The predicted octanol–water partition coefficient (Wildman–Crippen LogP) is 1.14. The molecule has 0 aliphatic heterocycles. The van der Waals surface area contributed by atoms with E-state index in [4.69, 9.17) is 9.52 Å². The minimum Gasteiger partial charge on any atom is -0.480 e. The summed E-state index contributed by atoms with van der Waals surface area (Å²) in [6, 6.07) is 2.06. The van der Waals surface area contributed by atoms with Crippen molar-refractivity contribution >= 4 is 33.7 Å². The average molecular weight is 347 g/mol. The lowest BCUT2D eigenvalue weighted by molar-refractivity contribution is -0.141. The van der Waals surface area contributed by atoms with Crippen LogP contribution >= 0.6 is 15.9 Å². The lowest BCUT2D eigenvalue weighted by Crippen LogP contribution is -2.45. The van der Waals surface area contributed by atoms with Crippen molar-refractivity contribution in [2.75, 3.05) is 6.54 Å². The molecule has 1 aromatic rings. The number of hydrogen-bond donors (Lipinski definition) is 3. The highest BCUT2D eigenvalue weighted by molar-refractivity contribution is 9.10. The van der Waals surface area contributed by atoms with E-state index in [0.717, 1.165) is 0 Å². The van der Waals surface area contributed by atoms with Crippen molar-refractivity contribution in [2.24, 2.45) is 0 Å². The van der Waals surface area contributed by atoms with Crippen LogP contribution in [0, 0.1) is 0 Å². The first-order valence-corrected chi connectivity index (χ1v) is 6.79. The smallest absolute Gasteiger partial charge is 0.326 e. The number of nitrogens with one attached hydrogen (secondary N) is 2. The van der Waals surface area contributed by atoms with Gasteiger partial charge < -0.3 is 20.2 Å². The summed E-state index contributed by atoms with van der Waals surface area (Å²) in [6.45, 7) is 1.50. The molecule has 0 saturated carbocycles. The molecule has 0 aliphatic carbocycles. The monoisotopic (exact) mass is 346 g/mol. The third-order valence-corrected chi connectivity index (χ3v) is 2.84. The molecule has 110 valence electrons. The largest absolute Gasteiger partial charge is 0.480 e. The van der Waals surface area contributed by atoms with Gasteiger partial charge in [0.1, 0.15) is 6.04 Å². The van der Waals surface area contributed by atoms with Gasteiger partial charge in [0.25, 0.3) is 5.91 Å². The molecule has 0 bridgehead atoms. The Labute approximate surface area is 123 Å². The normalized spacial score (nSPS) is 11.7. The zero-order valence-electron chi connectivity index (χ0n) is 10.8. The highest BCUT2D eigenvalue weighted by Gasteiger charge is 2.19. The van der Waals surface area contributed by atoms with E-state index < -0.39 is 23.8 Å². The number of halogens is 1. The molecule has 20 heavy (non-hydrogen) atoms. The fourth-order valence-electron chi connectivity index (χ4n) is 1.48. The van der Waals surface area contributed by atoms with Crippen LogP contribution in [0.2, 0.25) is 0 Å². The van der Waals surface area contributed by atoms with Crippen LogP contribution in [-0.2, 0) is 9.59 Å². The van der Waals surface area contributed by atoms with E-state index >= 15 is 0 Å². The van der Waals surface area contributed by atoms with Crippen molar-refractivity contribution in [3.05, 3.63) is 22.6 Å². The third-order valence-electron chi connectivity index (χ3n) is 2.42. The molecule has 0 saturated heterocycles. The molecule has 0 radical (unpaired) electrons. The minimum atomic E-state index is -1.10. The van der Waals surface area contributed by atoms with Crippen molar-refractivity contribution < 1.29 is 23.9 Å². The second kappa shape index (κ2) is 7.68. The topological polar surface area (TPSA) is 109 Å². The number of rotatable bonds is 7. The van der Waals surface area contributed by atoms with E-state index in [0.29, 0.717) is 17.5 Å². The van der Waals surface area contributed by atoms with E-state index in [2.05, 4.69) is 26.6 Å². The molecule has 7 nitrogen and oxygen atoms in total. The van der Waals surface area contributed by atoms with Gasteiger partial charge in [-0.1, -0.05) is 13.3 Å². The van der Waals surface area contributed by atoms with Crippen LogP contribution in [-0.4, -0.2) is 35.5 Å². The maximum atomic E-state index is 11.6. The first-order valence-electron chi connectivity index (χ1n) is 5.99. The third kappa shape index (κ3) is 5.04. The molecule has 2 amide bonds. The zero-order valence-corrected chi connectivity index (χ0v) is 12.4. The number of carbonyl (C=O) groups is 3. The van der Waals surface area contributed by atoms with Crippen LogP contribution in [0.5, 0.6) is 0 Å². The SMILES string of the molecule is CCCC(NC(=O)CNC(=O)c1ccc(Br)o1)C(=O)O. The molecule has 1 aromatic heterocycles. The fourth-order valence-corrected chi connectivity index (χ4v) is 1.78. The van der Waals surface area contributed by atoms with Crippen LogP contribution in [0.3, 0.4) is 0 Å². The van der Waals surface area contributed by atoms with Gasteiger partial charge in [0, 0.05) is 0 Å². The summed E-state index contributed by atoms with van der Waals surface area (Å²) in [4.78, 5) is 34.0. The van der Waals surface area contributed by atoms with Gasteiger partial charge >= 0.3 is 5.97 Å². The van der Waals surface area contributed by atoms with Crippen molar-refractivity contribution in [3.8, 4) is 0 Å². The van der Waals surface area contributed by atoms with Gasteiger partial charge in [-0.2, -0.15) is 0 Å². The van der Waals surface area contributed by atoms with Crippen LogP contribution in [0.4, 0.5) is 0 Å². The van der Waals surface area contributed by atoms with Gasteiger partial charge in [-0.05, 0) is 34.5 Å². The predicted molar refractivity (Wildman–Crippen MR) is 73.2 cm³/mol. The number of aliphatic carboxylic acids is 1. The summed E-state index contributed by atoms with van der Waals surface area (Å²) >= 11 is 3.06. The molecule has 1 heterocycles. The van der Waals surface area contributed by atoms with Crippen molar-refractivity contribution in [1.82, 2.24) is 10.6 Å². The summed E-state index contributed by atoms with van der Waals surface area (Å²) in [5.41, 5.74) is 0. The molecule has 8 heteroatoms. The maximum absolute atomic E-state index is 11.6. The second-order valence-corrected chi connectivity index (χ2v) is 4.82. The lowest BCUT2D eigenvalue weighted by Gasteiger charge is -2.13. The molecule has 1 rings (SSSR count). The Kier molecular flexibility index (Phi) is 6.23. The van der Waals surface area contributed by atoms with Gasteiger partial charge in [-0.3, -0.25) is 9.59 Å². The number of furan rings is 1. The van der Waals surface area contributed by atoms with Gasteiger partial charge in [-0.25, -0.2) is 4.79 Å². The standard InChI is InChI=1S/C12H15BrN2O5/c1-2-3-7(12(18)19)15-10(16)6-14-11(17)8-4-5-9(13)20-8/h4-5,7H,2-3,6H2,1H3,(H,14,17)(H,15,16)(H,18,19). The number of carboxylic acid groups (broad SMARTS) is 1. The Morgan fingerprint density at radius 3 is 2.60 bits per heavy atom. The van der Waals surface area contributed by atoms with Crippen molar-refractivity contribution in [1.29, 1.82) is 0 Å². The summed E-state index contributed by atoms with van der Waals surface area (Å²) in [5.74, 6) is -2.15. The van der Waals surface area contributed by atoms with E-state index in [1.165, 1.54) is 6.07 Å². The highest BCUT2D eigenvalue weighted by Crippen LogP contribution is 2.13. The molecule has 1 unspecified atom stereocenters. The summed E-state index contributed by atoms with van der Waals surface area (Å²) < 4.78 is 5.42. The van der Waals surface area contributed by atoms with Crippen LogP contribution in [0.1, 0.15) is 30.3 Å². The van der Waals surface area contributed by atoms with E-state index in [1.807, 2.05) is 6.92 Å². The number of carboxylic acids is 1. The lowest BCUT2D eigenvalue weighted by atomic mass is 10.1. The Hall–Kier alpha value is -1.83. The van der Waals surface area contributed by atoms with E-state index in [1.54, 1.807) is 6.07 Å². The quantitative estimate of drug-likeness (QED) is 0.685. The molecule has 1 atom stereocenters. The molecule has 3 N–H and O–H groups in total. The number of carbonyl (C=O) groups excluding carboxylic acids is 2. The number of hydrogen-bond acceptors (Lipinski definition) is 4. The Bertz CT molecular complexity index is 500. The molecular weight excluding hydrogens is 332 g/mol. The average Bonchev–Trinajstić information content (AvgIpc) is 2.82. The first-order chi connectivity index (χ1) is 9.43. The van der Waals surface area contributed by atoms with E-state index in [-0.39, 0.29) is 12.3 Å². The summed E-state index contributed by atoms with van der Waals surface area (Å²) in [5, 5.41) is 13.6. The van der Waals surface area contributed by atoms with Gasteiger partial charge in [0.15, 0.2) is 10.4 Å². The Morgan fingerprint density at radius 2 is 2.10 bits per heavy atom. The Balaban J connectivity index is 2.42. The van der Waals surface area contributed by atoms with Crippen molar-refractivity contribution in [2.45, 2.75) is 25.8 Å². The molecule has 0 spiro atoms. The van der Waals surface area contributed by atoms with Gasteiger partial charge in [-0.15, -0.1) is 0 Å². The van der Waals surface area contributed by atoms with Crippen molar-refractivity contribution in [3.63, 3.8) is 0 Å². The number of amides is 2. The minimum absolute atomic E-state index is 0.0630. The Morgan fingerprint density at radius 1 is 1.40 bits per heavy atom. The summed E-state index contributed by atoms with van der Waals surface area (Å²) in [7, 11) is 0. The van der Waals surface area contributed by atoms with Crippen LogP contribution < -0.4 is 10.6 Å². The molecular formula is C12H15BrN2O5. The van der Waals surface area contributed by atoms with Gasteiger partial charge in [0.05, 0.1) is 6.54 Å². The van der Waals surface area contributed by atoms with E-state index in [9.17, 15) is 14.4 Å². The zero-order chi connectivity index (χ0) is 15.1.